The van der Waals surface area contributed by atoms with Crippen molar-refractivity contribution in [1.29, 1.82) is 0 Å². The lowest BCUT2D eigenvalue weighted by atomic mass is 10.2. The molecular formula is C20H21N5O2S2. The summed E-state index contributed by atoms with van der Waals surface area (Å²) in [6, 6.07) is 14.6. The molecule has 0 atom stereocenters. The molecule has 0 bridgehead atoms. The molecule has 7 nitrogen and oxygen atoms in total. The van der Waals surface area contributed by atoms with Gasteiger partial charge in [0.1, 0.15) is 0 Å². The number of anilines is 1. The van der Waals surface area contributed by atoms with E-state index in [0.717, 1.165) is 5.56 Å². The molecule has 0 aliphatic carbocycles. The number of hydrogen-bond donors (Lipinski definition) is 2. The standard InChI is InChI=1S/C20H21N5O2S2/c1-3-24-18(27)15-6-4-5-7-16(15)22-20(24)29-12-17(26)23-25(19(21)28)14-10-8-13(2)9-11-14/h4-11H,3,12H2,1-2H3,(H2,21,28)(H,23,26). The van der Waals surface area contributed by atoms with E-state index in [1.54, 1.807) is 22.8 Å². The Labute approximate surface area is 177 Å². The van der Waals surface area contributed by atoms with E-state index in [-0.39, 0.29) is 22.3 Å². The van der Waals surface area contributed by atoms with E-state index in [2.05, 4.69) is 10.4 Å². The van der Waals surface area contributed by atoms with Crippen LogP contribution >= 0.6 is 24.0 Å². The monoisotopic (exact) mass is 427 g/mol. The lowest BCUT2D eigenvalue weighted by Gasteiger charge is -2.23. The van der Waals surface area contributed by atoms with E-state index >= 15 is 0 Å². The molecule has 0 aliphatic heterocycles. The normalized spacial score (nSPS) is 10.7. The molecule has 3 N–H and O–H groups in total. The summed E-state index contributed by atoms with van der Waals surface area (Å²) in [6.45, 7) is 4.30. The number of nitrogens with zero attached hydrogens (tertiary/aromatic N) is 3. The highest BCUT2D eigenvalue weighted by molar-refractivity contribution is 7.99. The molecule has 9 heteroatoms. The largest absolute Gasteiger partial charge is 0.374 e. The number of aryl methyl sites for hydroxylation is 1. The average molecular weight is 428 g/mol. The fourth-order valence-corrected chi connectivity index (χ4v) is 3.77. The van der Waals surface area contributed by atoms with Crippen LogP contribution in [0.15, 0.2) is 58.5 Å². The summed E-state index contributed by atoms with van der Waals surface area (Å²) in [5.41, 5.74) is 10.7. The second-order valence-corrected chi connectivity index (χ2v) is 7.65. The predicted octanol–water partition coefficient (Wildman–Crippen LogP) is 2.60. The number of thiocarbonyl (C=S) groups is 1. The van der Waals surface area contributed by atoms with Gasteiger partial charge in [-0.05, 0) is 50.3 Å². The van der Waals surface area contributed by atoms with Gasteiger partial charge in [-0.15, -0.1) is 0 Å². The molecule has 3 rings (SSSR count). The van der Waals surface area contributed by atoms with Crippen LogP contribution in [0.2, 0.25) is 0 Å². The highest BCUT2D eigenvalue weighted by atomic mass is 32.2. The van der Waals surface area contributed by atoms with Crippen LogP contribution < -0.4 is 21.7 Å². The summed E-state index contributed by atoms with van der Waals surface area (Å²) in [7, 11) is 0. The number of rotatable bonds is 5. The van der Waals surface area contributed by atoms with Crippen molar-refractivity contribution in [3.63, 3.8) is 0 Å². The molecule has 0 spiro atoms. The Balaban J connectivity index is 1.77. The van der Waals surface area contributed by atoms with Gasteiger partial charge < -0.3 is 5.73 Å². The van der Waals surface area contributed by atoms with Crippen LogP contribution in [0.1, 0.15) is 12.5 Å². The van der Waals surface area contributed by atoms with E-state index < -0.39 is 0 Å². The number of benzene rings is 2. The third kappa shape index (κ3) is 4.75. The molecule has 2 aromatic carbocycles. The van der Waals surface area contributed by atoms with Crippen LogP contribution in [0.3, 0.4) is 0 Å². The number of para-hydroxylation sites is 1. The highest BCUT2D eigenvalue weighted by Crippen LogP contribution is 2.18. The topological polar surface area (TPSA) is 93.2 Å². The number of amides is 1. The van der Waals surface area contributed by atoms with Gasteiger partial charge >= 0.3 is 0 Å². The molecule has 0 fully saturated rings. The van der Waals surface area contributed by atoms with Crippen molar-refractivity contribution < 1.29 is 4.79 Å². The quantitative estimate of drug-likeness (QED) is 0.280. The van der Waals surface area contributed by atoms with Crippen LogP contribution in [0.5, 0.6) is 0 Å². The SMILES string of the molecule is CCn1c(SCC(=O)NN(C(N)=S)c2ccc(C)cc2)nc2ccccc2c1=O. The number of carbonyl (C=O) groups is 1. The zero-order valence-electron chi connectivity index (χ0n) is 16.1. The third-order valence-corrected chi connectivity index (χ3v) is 5.38. The second kappa shape index (κ2) is 9.06. The third-order valence-electron chi connectivity index (χ3n) is 4.22. The Morgan fingerprint density at radius 3 is 2.59 bits per heavy atom. The molecule has 29 heavy (non-hydrogen) atoms. The van der Waals surface area contributed by atoms with Crippen LogP contribution in [0, 0.1) is 6.92 Å². The Morgan fingerprint density at radius 1 is 1.24 bits per heavy atom. The van der Waals surface area contributed by atoms with Gasteiger partial charge in [-0.25, -0.2) is 9.99 Å². The first-order valence-corrected chi connectivity index (χ1v) is 10.4. The minimum Gasteiger partial charge on any atom is -0.374 e. The second-order valence-electron chi connectivity index (χ2n) is 6.29. The number of aromatic nitrogens is 2. The molecular weight excluding hydrogens is 406 g/mol. The Bertz CT molecular complexity index is 1110. The lowest BCUT2D eigenvalue weighted by Crippen LogP contribution is -2.49. The molecule has 3 aromatic rings. The van der Waals surface area contributed by atoms with Gasteiger partial charge in [-0.3, -0.25) is 19.6 Å². The number of thioether (sulfide) groups is 1. The number of hydrogen-bond acceptors (Lipinski definition) is 5. The first-order valence-electron chi connectivity index (χ1n) is 8.98. The number of carbonyl (C=O) groups excluding carboxylic acids is 1. The van der Waals surface area contributed by atoms with Gasteiger partial charge in [-0.2, -0.15) is 0 Å². The van der Waals surface area contributed by atoms with Crippen molar-refractivity contribution >= 4 is 51.6 Å². The fraction of sp³-hybridized carbons (Fsp3) is 0.200. The van der Waals surface area contributed by atoms with Crippen molar-refractivity contribution in [2.75, 3.05) is 10.8 Å². The highest BCUT2D eigenvalue weighted by Gasteiger charge is 2.16. The zero-order valence-corrected chi connectivity index (χ0v) is 17.7. The Morgan fingerprint density at radius 2 is 1.93 bits per heavy atom. The maximum atomic E-state index is 12.7. The van der Waals surface area contributed by atoms with E-state index in [9.17, 15) is 9.59 Å². The summed E-state index contributed by atoms with van der Waals surface area (Å²) >= 11 is 6.25. The summed E-state index contributed by atoms with van der Waals surface area (Å²) < 4.78 is 1.56. The first-order chi connectivity index (χ1) is 13.9. The lowest BCUT2D eigenvalue weighted by molar-refractivity contribution is -0.118. The van der Waals surface area contributed by atoms with Gasteiger partial charge in [-0.1, -0.05) is 41.6 Å². The van der Waals surface area contributed by atoms with Gasteiger partial charge in [0.15, 0.2) is 10.3 Å². The first kappa shape index (κ1) is 20.8. The van der Waals surface area contributed by atoms with Gasteiger partial charge in [0.25, 0.3) is 5.56 Å². The molecule has 0 unspecified atom stereocenters. The maximum absolute atomic E-state index is 12.7. The predicted molar refractivity (Wildman–Crippen MR) is 121 cm³/mol. The summed E-state index contributed by atoms with van der Waals surface area (Å²) in [5, 5.41) is 2.44. The summed E-state index contributed by atoms with van der Waals surface area (Å²) in [6.07, 6.45) is 0. The smallest absolute Gasteiger partial charge is 0.262 e. The zero-order chi connectivity index (χ0) is 21.0. The molecule has 0 saturated heterocycles. The number of fused-ring (bicyclic) bond motifs is 1. The van der Waals surface area contributed by atoms with Crippen LogP contribution in [-0.4, -0.2) is 26.3 Å². The number of hydrazine groups is 1. The summed E-state index contributed by atoms with van der Waals surface area (Å²) in [4.78, 5) is 29.7. The molecule has 150 valence electrons. The van der Waals surface area contributed by atoms with E-state index in [1.165, 1.54) is 16.8 Å². The van der Waals surface area contributed by atoms with Crippen molar-refractivity contribution in [3.05, 3.63) is 64.4 Å². The maximum Gasteiger partial charge on any atom is 0.262 e. The Kier molecular flexibility index (Phi) is 6.50. The molecule has 1 amide bonds. The molecule has 1 heterocycles. The van der Waals surface area contributed by atoms with Gasteiger partial charge in [0, 0.05) is 6.54 Å². The summed E-state index contributed by atoms with van der Waals surface area (Å²) in [5.74, 6) is -0.260. The average Bonchev–Trinajstić information content (AvgIpc) is 2.71. The minimum atomic E-state index is -0.312. The molecule has 0 aliphatic rings. The van der Waals surface area contributed by atoms with Crippen molar-refractivity contribution in [1.82, 2.24) is 15.0 Å². The fourth-order valence-electron chi connectivity index (χ4n) is 2.76. The van der Waals surface area contributed by atoms with Gasteiger partial charge in [0.2, 0.25) is 5.91 Å². The van der Waals surface area contributed by atoms with E-state index in [1.807, 2.05) is 44.2 Å². The molecule has 0 saturated carbocycles. The molecule has 0 radical (unpaired) electrons. The van der Waals surface area contributed by atoms with Crippen molar-refractivity contribution in [3.8, 4) is 0 Å². The van der Waals surface area contributed by atoms with E-state index in [0.29, 0.717) is 28.3 Å². The van der Waals surface area contributed by atoms with Crippen molar-refractivity contribution in [2.24, 2.45) is 5.73 Å². The van der Waals surface area contributed by atoms with Crippen molar-refractivity contribution in [2.45, 2.75) is 25.5 Å². The van der Waals surface area contributed by atoms with Gasteiger partial charge in [0.05, 0.1) is 22.3 Å². The van der Waals surface area contributed by atoms with Crippen LogP contribution in [0.4, 0.5) is 5.69 Å². The minimum absolute atomic E-state index is 0.0292. The number of nitrogens with two attached hydrogens (primary N) is 1. The van der Waals surface area contributed by atoms with Crippen LogP contribution in [-0.2, 0) is 11.3 Å². The number of nitrogens with one attached hydrogen (secondary N) is 1. The Hall–Kier alpha value is -2.91. The van der Waals surface area contributed by atoms with Crippen LogP contribution in [0.25, 0.3) is 10.9 Å². The molecule has 1 aromatic heterocycles. The van der Waals surface area contributed by atoms with E-state index in [4.69, 9.17) is 18.0 Å².